The molecule has 1 aliphatic heterocycles. The van der Waals surface area contributed by atoms with E-state index in [1.807, 2.05) is 36.7 Å². The second kappa shape index (κ2) is 13.4. The Hall–Kier alpha value is -5.38. The topological polar surface area (TPSA) is 94.8 Å². The summed E-state index contributed by atoms with van der Waals surface area (Å²) in [5.41, 5.74) is 9.27. The summed E-state index contributed by atoms with van der Waals surface area (Å²) in [6.07, 6.45) is 8.00. The fraction of sp³-hybridized carbons (Fsp3) is 0.205. The van der Waals surface area contributed by atoms with Gasteiger partial charge in [0, 0.05) is 71.7 Å². The minimum Gasteiger partial charge on any atom is -0.492 e. The Morgan fingerprint density at radius 3 is 2.52 bits per heavy atom. The Labute approximate surface area is 278 Å². The maximum absolute atomic E-state index is 14.8. The zero-order valence-corrected chi connectivity index (χ0v) is 26.5. The molecule has 48 heavy (non-hydrogen) atoms. The van der Waals surface area contributed by atoms with E-state index in [1.54, 1.807) is 6.20 Å². The number of H-pyrrole nitrogens is 2. The van der Waals surface area contributed by atoms with Crippen molar-refractivity contribution < 1.29 is 9.13 Å². The number of pyridine rings is 2. The van der Waals surface area contributed by atoms with Gasteiger partial charge in [0.25, 0.3) is 0 Å². The van der Waals surface area contributed by atoms with Crippen LogP contribution in [0.15, 0.2) is 104 Å². The summed E-state index contributed by atoms with van der Waals surface area (Å²) in [7, 11) is 0. The normalized spacial score (nSPS) is 13.5. The predicted octanol–water partition coefficient (Wildman–Crippen LogP) is 7.74. The number of fused-ring (bicyclic) bond motifs is 2. The fourth-order valence-electron chi connectivity index (χ4n) is 6.58. The van der Waals surface area contributed by atoms with E-state index in [1.165, 1.54) is 30.5 Å². The molecule has 3 aromatic carbocycles. The number of nitrogens with one attached hydrogen (secondary N) is 3. The highest BCUT2D eigenvalue weighted by Gasteiger charge is 2.17. The van der Waals surface area contributed by atoms with Crippen LogP contribution in [0.1, 0.15) is 24.0 Å². The van der Waals surface area contributed by atoms with Crippen LogP contribution in [0, 0.1) is 5.82 Å². The first kappa shape index (κ1) is 30.0. The largest absolute Gasteiger partial charge is 0.492 e. The standard InChI is InChI=1S/C39H36FN7O/c40-31-17-29(18-32(20-31)48-15-14-47-12-4-5-13-47)38-34-21-37(44-35(34)10-11-43-38)39-33-19-28(8-9-36(33)45-46-39)30-16-27(24-42-25-30)23-41-22-26-6-2-1-3-7-26/h1-3,6-11,16-21,24-25,41,44H,4-5,12-15,22-23H2,(H,45,46). The lowest BCUT2D eigenvalue weighted by Gasteiger charge is -2.15. The first-order chi connectivity index (χ1) is 23.7. The minimum absolute atomic E-state index is 0.352. The predicted molar refractivity (Wildman–Crippen MR) is 188 cm³/mol. The summed E-state index contributed by atoms with van der Waals surface area (Å²) in [6.45, 7) is 5.08. The van der Waals surface area contributed by atoms with Crippen molar-refractivity contribution in [2.24, 2.45) is 0 Å². The number of hydrogen-bond acceptors (Lipinski definition) is 6. The molecule has 5 heterocycles. The number of likely N-dealkylation sites (tertiary alicyclic amines) is 1. The maximum Gasteiger partial charge on any atom is 0.127 e. The molecule has 0 spiro atoms. The summed E-state index contributed by atoms with van der Waals surface area (Å²) in [4.78, 5) is 15.1. The monoisotopic (exact) mass is 637 g/mol. The summed E-state index contributed by atoms with van der Waals surface area (Å²) in [5, 5.41) is 13.3. The van der Waals surface area contributed by atoms with Gasteiger partial charge in [0.05, 0.1) is 16.9 Å². The second-order valence-electron chi connectivity index (χ2n) is 12.4. The molecular weight excluding hydrogens is 601 g/mol. The van der Waals surface area contributed by atoms with E-state index in [-0.39, 0.29) is 5.82 Å². The van der Waals surface area contributed by atoms with Gasteiger partial charge in [-0.05, 0) is 85.1 Å². The highest BCUT2D eigenvalue weighted by atomic mass is 19.1. The molecule has 1 saturated heterocycles. The molecule has 9 heteroatoms. The smallest absolute Gasteiger partial charge is 0.127 e. The number of nitrogens with zero attached hydrogens (tertiary/aromatic N) is 4. The molecule has 0 bridgehead atoms. The average molecular weight is 638 g/mol. The van der Waals surface area contributed by atoms with E-state index in [0.717, 1.165) is 82.6 Å². The highest BCUT2D eigenvalue weighted by Crippen LogP contribution is 2.35. The molecule has 4 aromatic heterocycles. The van der Waals surface area contributed by atoms with Gasteiger partial charge in [-0.2, -0.15) is 5.10 Å². The Balaban J connectivity index is 1.05. The van der Waals surface area contributed by atoms with Crippen LogP contribution in [-0.2, 0) is 13.1 Å². The van der Waals surface area contributed by atoms with Crippen LogP contribution in [0.25, 0.3) is 55.6 Å². The van der Waals surface area contributed by atoms with E-state index in [9.17, 15) is 4.39 Å². The zero-order valence-electron chi connectivity index (χ0n) is 26.5. The van der Waals surface area contributed by atoms with Gasteiger partial charge in [-0.3, -0.25) is 20.0 Å². The van der Waals surface area contributed by atoms with Gasteiger partial charge in [-0.1, -0.05) is 36.4 Å². The summed E-state index contributed by atoms with van der Waals surface area (Å²) < 4.78 is 20.8. The molecular formula is C39H36FN7O. The van der Waals surface area contributed by atoms with Crippen molar-refractivity contribution in [3.8, 4) is 39.5 Å². The van der Waals surface area contributed by atoms with E-state index < -0.39 is 0 Å². The van der Waals surface area contributed by atoms with Gasteiger partial charge >= 0.3 is 0 Å². The van der Waals surface area contributed by atoms with Gasteiger partial charge in [-0.15, -0.1) is 0 Å². The number of benzene rings is 3. The van der Waals surface area contributed by atoms with Gasteiger partial charge < -0.3 is 15.0 Å². The van der Waals surface area contributed by atoms with Crippen molar-refractivity contribution >= 4 is 21.8 Å². The van der Waals surface area contributed by atoms with Crippen LogP contribution >= 0.6 is 0 Å². The van der Waals surface area contributed by atoms with Gasteiger partial charge in [0.15, 0.2) is 0 Å². The number of aromatic nitrogens is 5. The van der Waals surface area contributed by atoms with Crippen molar-refractivity contribution in [1.82, 2.24) is 35.4 Å². The first-order valence-electron chi connectivity index (χ1n) is 16.5. The molecule has 240 valence electrons. The molecule has 8 rings (SSSR count). The third-order valence-electron chi connectivity index (χ3n) is 9.02. The molecule has 7 aromatic rings. The average Bonchev–Trinajstić information content (AvgIpc) is 3.88. The number of halogens is 1. The molecule has 0 atom stereocenters. The quantitative estimate of drug-likeness (QED) is 0.134. The van der Waals surface area contributed by atoms with Crippen molar-refractivity contribution in [2.75, 3.05) is 26.2 Å². The summed E-state index contributed by atoms with van der Waals surface area (Å²) in [6, 6.07) is 27.6. The Kier molecular flexibility index (Phi) is 8.36. The molecule has 1 aliphatic rings. The minimum atomic E-state index is -0.352. The van der Waals surface area contributed by atoms with Crippen LogP contribution < -0.4 is 10.1 Å². The van der Waals surface area contributed by atoms with Gasteiger partial charge in [0.1, 0.15) is 23.9 Å². The number of ether oxygens (including phenoxy) is 1. The number of hydrogen-bond donors (Lipinski definition) is 3. The summed E-state index contributed by atoms with van der Waals surface area (Å²) in [5.74, 6) is 0.157. The van der Waals surface area contributed by atoms with E-state index in [2.05, 4.69) is 78.8 Å². The lowest BCUT2D eigenvalue weighted by atomic mass is 10.0. The van der Waals surface area contributed by atoms with Crippen molar-refractivity contribution in [1.29, 1.82) is 0 Å². The van der Waals surface area contributed by atoms with Crippen LogP contribution in [0.3, 0.4) is 0 Å². The summed E-state index contributed by atoms with van der Waals surface area (Å²) >= 11 is 0. The van der Waals surface area contributed by atoms with Gasteiger partial charge in [0.2, 0.25) is 0 Å². The third kappa shape index (κ3) is 6.43. The lowest BCUT2D eigenvalue weighted by molar-refractivity contribution is 0.237. The van der Waals surface area contributed by atoms with Crippen molar-refractivity contribution in [2.45, 2.75) is 25.9 Å². The zero-order chi connectivity index (χ0) is 32.3. The molecule has 0 amide bonds. The second-order valence-corrected chi connectivity index (χ2v) is 12.4. The van der Waals surface area contributed by atoms with Crippen molar-refractivity contribution in [3.63, 3.8) is 0 Å². The van der Waals surface area contributed by atoms with Crippen LogP contribution in [0.5, 0.6) is 5.75 Å². The Morgan fingerprint density at radius 1 is 0.771 bits per heavy atom. The lowest BCUT2D eigenvalue weighted by Crippen LogP contribution is -2.25. The molecule has 0 unspecified atom stereocenters. The molecule has 0 radical (unpaired) electrons. The Bertz CT molecular complexity index is 2190. The fourth-order valence-corrected chi connectivity index (χ4v) is 6.58. The van der Waals surface area contributed by atoms with E-state index >= 15 is 0 Å². The SMILES string of the molecule is Fc1cc(OCCN2CCCC2)cc(-c2nccc3[nH]c(-c4n[nH]c5ccc(-c6cncc(CNCc7ccccc7)c6)cc45)cc23)c1. The molecule has 0 aliphatic carbocycles. The molecule has 3 N–H and O–H groups in total. The van der Waals surface area contributed by atoms with Gasteiger partial charge in [-0.25, -0.2) is 4.39 Å². The van der Waals surface area contributed by atoms with Crippen LogP contribution in [0.2, 0.25) is 0 Å². The van der Waals surface area contributed by atoms with Crippen LogP contribution in [0.4, 0.5) is 4.39 Å². The van der Waals surface area contributed by atoms with Crippen molar-refractivity contribution in [3.05, 3.63) is 120 Å². The molecule has 8 nitrogen and oxygen atoms in total. The third-order valence-corrected chi connectivity index (χ3v) is 9.02. The highest BCUT2D eigenvalue weighted by molar-refractivity contribution is 6.01. The Morgan fingerprint density at radius 2 is 1.62 bits per heavy atom. The van der Waals surface area contributed by atoms with Crippen LogP contribution in [-0.4, -0.2) is 56.3 Å². The molecule has 1 fully saturated rings. The first-order valence-corrected chi connectivity index (χ1v) is 16.5. The molecule has 0 saturated carbocycles. The van der Waals surface area contributed by atoms with E-state index in [4.69, 9.17) is 9.84 Å². The van der Waals surface area contributed by atoms with E-state index in [0.29, 0.717) is 23.6 Å². The maximum atomic E-state index is 14.8. The number of aromatic amines is 2. The number of rotatable bonds is 11.